The molecule has 0 radical (unpaired) electrons. The lowest BCUT2D eigenvalue weighted by atomic mass is 10.2. The minimum atomic E-state index is 0.548. The van der Waals surface area contributed by atoms with Crippen LogP contribution in [0, 0.1) is 6.92 Å². The van der Waals surface area contributed by atoms with Gasteiger partial charge in [0.25, 0.3) is 0 Å². The zero-order chi connectivity index (χ0) is 10.7. The van der Waals surface area contributed by atoms with E-state index in [2.05, 4.69) is 28.0 Å². The lowest BCUT2D eigenvalue weighted by molar-refractivity contribution is 1.13. The molecule has 78 valence electrons. The Morgan fingerprint density at radius 3 is 2.87 bits per heavy atom. The normalized spacial score (nSPS) is 10.2. The van der Waals surface area contributed by atoms with Crippen molar-refractivity contribution in [1.82, 2.24) is 4.98 Å². The number of nitrogen functional groups attached to an aromatic ring is 1. The summed E-state index contributed by atoms with van der Waals surface area (Å²) < 4.78 is 0. The third kappa shape index (κ3) is 2.47. The second-order valence-corrected chi connectivity index (χ2v) is 4.15. The van der Waals surface area contributed by atoms with Gasteiger partial charge in [-0.1, -0.05) is 0 Å². The molecule has 0 unspecified atom stereocenters. The van der Waals surface area contributed by atoms with Crippen molar-refractivity contribution in [3.63, 3.8) is 0 Å². The lowest BCUT2D eigenvalue weighted by Crippen LogP contribution is -2.00. The molecule has 0 aliphatic heterocycles. The van der Waals surface area contributed by atoms with Crippen LogP contribution in [-0.4, -0.2) is 4.98 Å². The van der Waals surface area contributed by atoms with Crippen molar-refractivity contribution < 1.29 is 0 Å². The number of thiophene rings is 1. The van der Waals surface area contributed by atoms with Crippen LogP contribution in [0.5, 0.6) is 0 Å². The zero-order valence-electron chi connectivity index (χ0n) is 8.53. The largest absolute Gasteiger partial charge is 0.384 e. The third-order valence-electron chi connectivity index (χ3n) is 2.23. The molecule has 0 spiro atoms. The van der Waals surface area contributed by atoms with Gasteiger partial charge in [0.05, 0.1) is 11.9 Å². The standard InChI is InChI=1S/C11H13N3S/c1-8-6-15-7-9(8)4-13-10-2-3-11(12)14-5-10/h2-3,5-7,13H,4H2,1H3,(H2,12,14). The monoisotopic (exact) mass is 219 g/mol. The summed E-state index contributed by atoms with van der Waals surface area (Å²) in [5, 5.41) is 7.61. The molecular formula is C11H13N3S. The van der Waals surface area contributed by atoms with Crippen LogP contribution in [-0.2, 0) is 6.54 Å². The molecule has 2 heterocycles. The van der Waals surface area contributed by atoms with Crippen LogP contribution >= 0.6 is 11.3 Å². The Morgan fingerprint density at radius 1 is 1.40 bits per heavy atom. The van der Waals surface area contributed by atoms with Crippen molar-refractivity contribution in [2.75, 3.05) is 11.1 Å². The molecule has 0 atom stereocenters. The van der Waals surface area contributed by atoms with E-state index in [1.54, 1.807) is 23.6 Å². The number of pyridine rings is 1. The number of aromatic nitrogens is 1. The van der Waals surface area contributed by atoms with Gasteiger partial charge in [-0.3, -0.25) is 0 Å². The van der Waals surface area contributed by atoms with Crippen molar-refractivity contribution >= 4 is 22.8 Å². The smallest absolute Gasteiger partial charge is 0.123 e. The Labute approximate surface area is 93.0 Å². The van der Waals surface area contributed by atoms with Gasteiger partial charge in [-0.15, -0.1) is 0 Å². The fourth-order valence-corrected chi connectivity index (χ4v) is 2.13. The topological polar surface area (TPSA) is 50.9 Å². The fourth-order valence-electron chi connectivity index (χ4n) is 1.28. The van der Waals surface area contributed by atoms with Gasteiger partial charge in [0.2, 0.25) is 0 Å². The predicted molar refractivity (Wildman–Crippen MR) is 65.0 cm³/mol. The third-order valence-corrected chi connectivity index (χ3v) is 3.14. The van der Waals surface area contributed by atoms with Gasteiger partial charge in [-0.05, 0) is 40.9 Å². The first kappa shape index (κ1) is 9.98. The maximum atomic E-state index is 5.50. The summed E-state index contributed by atoms with van der Waals surface area (Å²) in [6.07, 6.45) is 1.75. The van der Waals surface area contributed by atoms with E-state index in [1.807, 2.05) is 6.07 Å². The second-order valence-electron chi connectivity index (χ2n) is 3.41. The van der Waals surface area contributed by atoms with Crippen molar-refractivity contribution in [3.05, 3.63) is 40.2 Å². The minimum absolute atomic E-state index is 0.548. The van der Waals surface area contributed by atoms with E-state index in [4.69, 9.17) is 5.73 Å². The molecule has 2 aromatic rings. The number of aryl methyl sites for hydroxylation is 1. The first-order valence-electron chi connectivity index (χ1n) is 4.73. The van der Waals surface area contributed by atoms with Crippen LogP contribution in [0.25, 0.3) is 0 Å². The first-order valence-corrected chi connectivity index (χ1v) is 5.67. The van der Waals surface area contributed by atoms with Crippen LogP contribution in [0.1, 0.15) is 11.1 Å². The van der Waals surface area contributed by atoms with Gasteiger partial charge in [-0.25, -0.2) is 4.98 Å². The van der Waals surface area contributed by atoms with Gasteiger partial charge in [0.1, 0.15) is 5.82 Å². The molecule has 3 nitrogen and oxygen atoms in total. The Hall–Kier alpha value is -1.55. The first-order chi connectivity index (χ1) is 7.25. The maximum Gasteiger partial charge on any atom is 0.123 e. The summed E-state index contributed by atoms with van der Waals surface area (Å²) in [5.74, 6) is 0.548. The van der Waals surface area contributed by atoms with Gasteiger partial charge >= 0.3 is 0 Å². The van der Waals surface area contributed by atoms with Crippen LogP contribution in [0.3, 0.4) is 0 Å². The van der Waals surface area contributed by atoms with Crippen LogP contribution in [0.2, 0.25) is 0 Å². The van der Waals surface area contributed by atoms with Crippen molar-refractivity contribution in [2.45, 2.75) is 13.5 Å². The Bertz CT molecular complexity index is 433. The van der Waals surface area contributed by atoms with E-state index < -0.39 is 0 Å². The summed E-state index contributed by atoms with van der Waals surface area (Å²) in [6.45, 7) is 2.95. The summed E-state index contributed by atoms with van der Waals surface area (Å²) in [4.78, 5) is 4.02. The van der Waals surface area contributed by atoms with Crippen molar-refractivity contribution in [3.8, 4) is 0 Å². The Kier molecular flexibility index (Phi) is 2.87. The molecular weight excluding hydrogens is 206 g/mol. The van der Waals surface area contributed by atoms with E-state index in [-0.39, 0.29) is 0 Å². The molecule has 0 bridgehead atoms. The average Bonchev–Trinajstić information content (AvgIpc) is 2.63. The van der Waals surface area contributed by atoms with Crippen molar-refractivity contribution in [2.24, 2.45) is 0 Å². The molecule has 0 amide bonds. The van der Waals surface area contributed by atoms with E-state index >= 15 is 0 Å². The SMILES string of the molecule is Cc1cscc1CNc1ccc(N)nc1. The predicted octanol–water partition coefficient (Wildman–Crippen LogP) is 2.65. The number of anilines is 2. The molecule has 0 aromatic carbocycles. The molecule has 15 heavy (non-hydrogen) atoms. The number of nitrogens with one attached hydrogen (secondary N) is 1. The van der Waals surface area contributed by atoms with E-state index in [9.17, 15) is 0 Å². The highest BCUT2D eigenvalue weighted by molar-refractivity contribution is 7.08. The number of nitrogens with zero attached hydrogens (tertiary/aromatic N) is 1. The number of nitrogens with two attached hydrogens (primary N) is 1. The van der Waals surface area contributed by atoms with Crippen LogP contribution in [0.15, 0.2) is 29.1 Å². The maximum absolute atomic E-state index is 5.50. The lowest BCUT2D eigenvalue weighted by Gasteiger charge is -2.05. The summed E-state index contributed by atoms with van der Waals surface area (Å²) in [5.41, 5.74) is 9.16. The number of rotatable bonds is 3. The van der Waals surface area contributed by atoms with Gasteiger partial charge in [0.15, 0.2) is 0 Å². The highest BCUT2D eigenvalue weighted by Gasteiger charge is 1.98. The van der Waals surface area contributed by atoms with E-state index in [0.29, 0.717) is 5.82 Å². The molecule has 0 saturated carbocycles. The average molecular weight is 219 g/mol. The van der Waals surface area contributed by atoms with Crippen LogP contribution in [0.4, 0.5) is 11.5 Å². The molecule has 0 aliphatic rings. The zero-order valence-corrected chi connectivity index (χ0v) is 9.34. The van der Waals surface area contributed by atoms with E-state index in [1.165, 1.54) is 11.1 Å². The number of hydrogen-bond donors (Lipinski definition) is 2. The summed E-state index contributed by atoms with van der Waals surface area (Å²) in [7, 11) is 0. The number of hydrogen-bond acceptors (Lipinski definition) is 4. The molecule has 3 N–H and O–H groups in total. The molecule has 4 heteroatoms. The summed E-state index contributed by atoms with van der Waals surface area (Å²) >= 11 is 1.73. The molecule has 0 saturated heterocycles. The highest BCUT2D eigenvalue weighted by Crippen LogP contribution is 2.15. The van der Waals surface area contributed by atoms with Gasteiger partial charge in [-0.2, -0.15) is 11.3 Å². The molecule has 0 fully saturated rings. The minimum Gasteiger partial charge on any atom is -0.384 e. The Morgan fingerprint density at radius 2 is 2.27 bits per heavy atom. The van der Waals surface area contributed by atoms with Gasteiger partial charge in [0, 0.05) is 6.54 Å². The van der Waals surface area contributed by atoms with Gasteiger partial charge < -0.3 is 11.1 Å². The molecule has 2 rings (SSSR count). The molecule has 2 aromatic heterocycles. The molecule has 0 aliphatic carbocycles. The summed E-state index contributed by atoms with van der Waals surface area (Å²) in [6, 6.07) is 3.73. The second kappa shape index (κ2) is 4.31. The van der Waals surface area contributed by atoms with E-state index in [0.717, 1.165) is 12.2 Å². The quantitative estimate of drug-likeness (QED) is 0.834. The highest BCUT2D eigenvalue weighted by atomic mass is 32.1. The fraction of sp³-hybridized carbons (Fsp3) is 0.182. The van der Waals surface area contributed by atoms with Crippen LogP contribution < -0.4 is 11.1 Å². The van der Waals surface area contributed by atoms with Crippen molar-refractivity contribution in [1.29, 1.82) is 0 Å². The Balaban J connectivity index is 1.99.